The third-order valence-corrected chi connectivity index (χ3v) is 8.26. The Hall–Kier alpha value is -3.60. The first-order valence-electron chi connectivity index (χ1n) is 11.7. The number of β-lactam (4-membered cyclic amide) rings is 1. The van der Waals surface area contributed by atoms with Gasteiger partial charge in [0.2, 0.25) is 5.91 Å². The number of nitrogens with one attached hydrogen (secondary N) is 1. The number of nitrogen functional groups attached to an aromatic ring is 1. The molecule has 0 spiro atoms. The first-order valence-corrected chi connectivity index (χ1v) is 14.1. The largest absolute Gasteiger partial charge is 0.448 e. The van der Waals surface area contributed by atoms with E-state index in [0.717, 1.165) is 11.1 Å². The number of ether oxygens (including phenoxy) is 1. The maximum absolute atomic E-state index is 13.7. The third kappa shape index (κ3) is 5.33. The number of carbonyl (C=O) groups is 3. The summed E-state index contributed by atoms with van der Waals surface area (Å²) in [5.41, 5.74) is 9.78. The minimum atomic E-state index is -0.771. The molecular formula is C27H23ClN4O4S2. The van der Waals surface area contributed by atoms with E-state index >= 15 is 0 Å². The molecule has 0 aliphatic carbocycles. The molecule has 3 aromatic rings. The molecular weight excluding hydrogens is 544 g/mol. The molecule has 1 saturated heterocycles. The predicted octanol–water partition coefficient (Wildman–Crippen LogP) is 4.01. The highest BCUT2D eigenvalue weighted by molar-refractivity contribution is 8.00. The van der Waals surface area contributed by atoms with E-state index < -0.39 is 29.4 Å². The van der Waals surface area contributed by atoms with E-state index in [9.17, 15) is 14.4 Å². The second-order valence-electron chi connectivity index (χ2n) is 8.58. The second-order valence-corrected chi connectivity index (χ2v) is 10.8. The molecule has 2 aliphatic rings. The number of hydrogen-bond acceptors (Lipinski definition) is 8. The number of halogens is 1. The molecule has 0 bridgehead atoms. The van der Waals surface area contributed by atoms with Crippen LogP contribution in [0.4, 0.5) is 5.13 Å². The molecule has 1 aromatic heterocycles. The zero-order chi connectivity index (χ0) is 26.6. The molecule has 194 valence electrons. The number of anilines is 1. The number of aromatic nitrogens is 1. The Bertz CT molecular complexity index is 1370. The summed E-state index contributed by atoms with van der Waals surface area (Å²) >= 11 is 8.55. The number of benzene rings is 2. The summed E-state index contributed by atoms with van der Waals surface area (Å²) in [6.07, 6.45) is 0.923. The van der Waals surface area contributed by atoms with Gasteiger partial charge in [-0.25, -0.2) is 9.78 Å². The van der Waals surface area contributed by atoms with E-state index in [2.05, 4.69) is 10.3 Å². The maximum Gasteiger partial charge on any atom is 0.356 e. The van der Waals surface area contributed by atoms with Crippen molar-refractivity contribution in [2.75, 3.05) is 11.5 Å². The van der Waals surface area contributed by atoms with Gasteiger partial charge in [0.1, 0.15) is 17.1 Å². The summed E-state index contributed by atoms with van der Waals surface area (Å²) in [5, 5.41) is 4.40. The fraction of sp³-hybridized carbons (Fsp3) is 0.185. The number of hydrogen-bond donors (Lipinski definition) is 2. The molecule has 0 saturated carbocycles. The minimum Gasteiger partial charge on any atom is -0.448 e. The van der Waals surface area contributed by atoms with Gasteiger partial charge in [-0.3, -0.25) is 14.5 Å². The van der Waals surface area contributed by atoms with Gasteiger partial charge in [0.05, 0.1) is 12.1 Å². The van der Waals surface area contributed by atoms with Gasteiger partial charge >= 0.3 is 5.97 Å². The zero-order valence-corrected chi connectivity index (χ0v) is 22.3. The highest BCUT2D eigenvalue weighted by Gasteiger charge is 2.54. The van der Waals surface area contributed by atoms with Crippen LogP contribution in [0.2, 0.25) is 0 Å². The quantitative estimate of drug-likeness (QED) is 0.313. The first-order chi connectivity index (χ1) is 18.5. The van der Waals surface area contributed by atoms with Gasteiger partial charge in [-0.05, 0) is 22.8 Å². The van der Waals surface area contributed by atoms with Gasteiger partial charge in [0, 0.05) is 16.7 Å². The molecule has 5 rings (SSSR count). The lowest BCUT2D eigenvalue weighted by atomic mass is 10.0. The number of amides is 2. The Morgan fingerprint density at radius 3 is 2.39 bits per heavy atom. The van der Waals surface area contributed by atoms with E-state index in [0.29, 0.717) is 22.2 Å². The molecule has 2 amide bonds. The van der Waals surface area contributed by atoms with E-state index in [-0.39, 0.29) is 18.0 Å². The SMILES string of the molecule is Nc1nc(CC(=O)NC2C(=O)N3C(C(=O)OC(c4ccccc4)c4ccccc4)=C(/C=C/Cl)CS[C@H]23)cs1. The van der Waals surface area contributed by atoms with E-state index in [1.807, 2.05) is 60.7 Å². The van der Waals surface area contributed by atoms with Gasteiger partial charge in [-0.15, -0.1) is 23.1 Å². The Morgan fingerprint density at radius 2 is 1.82 bits per heavy atom. The van der Waals surface area contributed by atoms with Crippen LogP contribution < -0.4 is 11.1 Å². The van der Waals surface area contributed by atoms with Crippen molar-refractivity contribution < 1.29 is 19.1 Å². The number of thiazole rings is 1. The zero-order valence-electron chi connectivity index (χ0n) is 20.0. The molecule has 11 heteroatoms. The van der Waals surface area contributed by atoms with E-state index in [1.165, 1.54) is 33.5 Å². The maximum atomic E-state index is 13.7. The average Bonchev–Trinajstić information content (AvgIpc) is 3.35. The van der Waals surface area contributed by atoms with Crippen molar-refractivity contribution in [2.45, 2.75) is 23.9 Å². The topological polar surface area (TPSA) is 115 Å². The number of rotatable bonds is 8. The Kier molecular flexibility index (Phi) is 7.82. The molecule has 2 aliphatic heterocycles. The number of carbonyl (C=O) groups excluding carboxylic acids is 3. The molecule has 2 aromatic carbocycles. The van der Waals surface area contributed by atoms with Crippen LogP contribution in [0.25, 0.3) is 0 Å². The summed E-state index contributed by atoms with van der Waals surface area (Å²) < 4.78 is 6.05. The van der Waals surface area contributed by atoms with Crippen molar-refractivity contribution in [1.29, 1.82) is 0 Å². The van der Waals surface area contributed by atoms with E-state index in [1.54, 1.807) is 11.5 Å². The van der Waals surface area contributed by atoms with Crippen LogP contribution in [-0.2, 0) is 25.5 Å². The molecule has 38 heavy (non-hydrogen) atoms. The lowest BCUT2D eigenvalue weighted by molar-refractivity contribution is -0.154. The van der Waals surface area contributed by atoms with Gasteiger partial charge in [-0.2, -0.15) is 0 Å². The van der Waals surface area contributed by atoms with Crippen LogP contribution >= 0.6 is 34.7 Å². The summed E-state index contributed by atoms with van der Waals surface area (Å²) in [5.74, 6) is -0.967. The van der Waals surface area contributed by atoms with Crippen molar-refractivity contribution in [3.05, 3.63) is 106 Å². The fourth-order valence-electron chi connectivity index (χ4n) is 4.38. The summed E-state index contributed by atoms with van der Waals surface area (Å²) in [4.78, 5) is 45.0. The number of fused-ring (bicyclic) bond motifs is 1. The van der Waals surface area contributed by atoms with Gasteiger partial charge < -0.3 is 15.8 Å². The number of nitrogens with two attached hydrogens (primary N) is 1. The standard InChI is InChI=1S/C27H23ClN4O4S2/c28-12-11-18-14-37-25-21(31-20(33)13-19-15-38-27(29)30-19)24(34)32(25)22(18)26(35)36-23(16-7-3-1-4-8-16)17-9-5-2-6-10-17/h1-12,15,21,23,25H,13-14H2,(H2,29,30)(H,31,33)/b12-11+/t21?,25-/m1/s1. The molecule has 1 fully saturated rings. The van der Waals surface area contributed by atoms with Crippen LogP contribution in [0.3, 0.4) is 0 Å². The Labute approximate surface area is 232 Å². The van der Waals surface area contributed by atoms with E-state index in [4.69, 9.17) is 22.1 Å². The summed E-state index contributed by atoms with van der Waals surface area (Å²) in [6.45, 7) is 0. The van der Waals surface area contributed by atoms with Crippen LogP contribution in [-0.4, -0.2) is 44.8 Å². The molecule has 0 radical (unpaired) electrons. The number of nitrogens with zero attached hydrogens (tertiary/aromatic N) is 2. The first kappa shape index (κ1) is 26.0. The number of esters is 1. The van der Waals surface area contributed by atoms with Crippen molar-refractivity contribution in [2.24, 2.45) is 0 Å². The van der Waals surface area contributed by atoms with Crippen molar-refractivity contribution in [3.8, 4) is 0 Å². The van der Waals surface area contributed by atoms with Crippen LogP contribution in [0.1, 0.15) is 22.9 Å². The predicted molar refractivity (Wildman–Crippen MR) is 148 cm³/mol. The van der Waals surface area contributed by atoms with Crippen LogP contribution in [0.15, 0.2) is 88.9 Å². The lowest BCUT2D eigenvalue weighted by Crippen LogP contribution is -2.70. The second kappa shape index (κ2) is 11.4. The highest BCUT2D eigenvalue weighted by Crippen LogP contribution is 2.42. The average molecular weight is 567 g/mol. The monoisotopic (exact) mass is 566 g/mol. The van der Waals surface area contributed by atoms with Crippen LogP contribution in [0.5, 0.6) is 0 Å². The van der Waals surface area contributed by atoms with Gasteiger partial charge in [0.25, 0.3) is 5.91 Å². The minimum absolute atomic E-state index is 0.00960. The molecule has 3 heterocycles. The van der Waals surface area contributed by atoms with Crippen molar-refractivity contribution >= 4 is 57.6 Å². The molecule has 8 nitrogen and oxygen atoms in total. The van der Waals surface area contributed by atoms with Gasteiger partial charge in [-0.1, -0.05) is 72.3 Å². The Morgan fingerprint density at radius 1 is 1.16 bits per heavy atom. The summed E-state index contributed by atoms with van der Waals surface area (Å²) in [7, 11) is 0. The molecule has 1 unspecified atom stereocenters. The number of allylic oxidation sites excluding steroid dienone is 1. The Balaban J connectivity index is 1.37. The highest BCUT2D eigenvalue weighted by atomic mass is 35.5. The molecule has 2 atom stereocenters. The number of thioether (sulfide) groups is 1. The van der Waals surface area contributed by atoms with Crippen molar-refractivity contribution in [1.82, 2.24) is 15.2 Å². The van der Waals surface area contributed by atoms with Crippen LogP contribution in [0, 0.1) is 0 Å². The normalized spacial score (nSPS) is 18.9. The lowest BCUT2D eigenvalue weighted by Gasteiger charge is -2.49. The van der Waals surface area contributed by atoms with Crippen molar-refractivity contribution in [3.63, 3.8) is 0 Å². The summed E-state index contributed by atoms with van der Waals surface area (Å²) in [6, 6.07) is 18.0. The molecule has 3 N–H and O–H groups in total. The van der Waals surface area contributed by atoms with Gasteiger partial charge in [0.15, 0.2) is 11.2 Å². The smallest absolute Gasteiger partial charge is 0.356 e. The fourth-order valence-corrected chi connectivity index (χ4v) is 6.41. The third-order valence-electron chi connectivity index (χ3n) is 6.11.